The van der Waals surface area contributed by atoms with E-state index < -0.39 is 0 Å². The van der Waals surface area contributed by atoms with Crippen molar-refractivity contribution >= 4 is 87.4 Å². The summed E-state index contributed by atoms with van der Waals surface area (Å²) >= 11 is 0. The molecule has 11 rings (SSSR count). The maximum Gasteiger partial charge on any atom is 0.0803 e. The zero-order valence-electron chi connectivity index (χ0n) is 28.2. The fourth-order valence-corrected chi connectivity index (χ4v) is 8.00. The lowest BCUT2D eigenvalue weighted by molar-refractivity contribution is 1.41. The van der Waals surface area contributed by atoms with Crippen LogP contribution in [0.5, 0.6) is 0 Å². The Morgan fingerprint density at radius 1 is 0.231 bits per heavy atom. The first-order valence-electron chi connectivity index (χ1n) is 17.8. The minimum atomic E-state index is 0.906. The molecule has 52 heavy (non-hydrogen) atoms. The lowest BCUT2D eigenvalue weighted by Gasteiger charge is -2.20. The molecule has 1 aliphatic rings. The highest BCUT2D eigenvalue weighted by Gasteiger charge is 2.22. The summed E-state index contributed by atoms with van der Waals surface area (Å²) in [5, 5.41) is 14.4. The molecule has 0 atom stereocenters. The van der Waals surface area contributed by atoms with Crippen LogP contribution in [0.15, 0.2) is 192 Å². The predicted octanol–water partition coefficient (Wildman–Crippen LogP) is 13.3. The van der Waals surface area contributed by atoms with E-state index in [-0.39, 0.29) is 0 Å². The van der Waals surface area contributed by atoms with Crippen molar-refractivity contribution in [3.05, 3.63) is 204 Å². The van der Waals surface area contributed by atoms with Gasteiger partial charge in [-0.25, -0.2) is 9.98 Å². The van der Waals surface area contributed by atoms with Crippen molar-refractivity contribution in [3.63, 3.8) is 0 Å². The molecule has 0 unspecified atom stereocenters. The van der Waals surface area contributed by atoms with Crippen LogP contribution in [0.2, 0.25) is 0 Å². The normalized spacial score (nSPS) is 14.8. The lowest BCUT2D eigenvalue weighted by atomic mass is 9.91. The Kier molecular flexibility index (Phi) is 6.28. The molecule has 0 bridgehead atoms. The van der Waals surface area contributed by atoms with Gasteiger partial charge in [-0.15, -0.1) is 0 Å². The Morgan fingerprint density at radius 3 is 0.885 bits per heavy atom. The first-order chi connectivity index (χ1) is 25.7. The van der Waals surface area contributed by atoms with Crippen molar-refractivity contribution in [1.29, 1.82) is 0 Å². The van der Waals surface area contributed by atoms with Gasteiger partial charge in [0.05, 0.1) is 22.8 Å². The van der Waals surface area contributed by atoms with E-state index in [1.165, 1.54) is 43.1 Å². The van der Waals surface area contributed by atoms with Gasteiger partial charge in [0.25, 0.3) is 0 Å². The van der Waals surface area contributed by atoms with Crippen molar-refractivity contribution in [2.75, 3.05) is 0 Å². The van der Waals surface area contributed by atoms with E-state index in [9.17, 15) is 0 Å². The van der Waals surface area contributed by atoms with Crippen LogP contribution >= 0.6 is 0 Å². The van der Waals surface area contributed by atoms with Crippen LogP contribution in [-0.4, -0.2) is 11.4 Å². The first kappa shape index (κ1) is 28.9. The number of nitrogens with zero attached hydrogens (tertiary/aromatic N) is 2. The largest absolute Gasteiger partial charge is 0.247 e. The standard InChI is InChI=1S/C50H30N2/c1-3-11-33-23-43-25-41(19-17-39(43)21-31(33)9-1)49-45-27-35-13-5-7-15-37(35)29-47(45)52-50(46-28-36-14-6-8-16-38(36)30-48(46)51-49)42-20-18-40-22-32-10-2-4-12-34(32)24-44(40)26-42/h1-30H/b49-45?,50-46?,51-48?,51-49-,52-47?,52-50-. The Bertz CT molecular complexity index is 2970. The van der Waals surface area contributed by atoms with E-state index in [4.69, 9.17) is 9.98 Å². The summed E-state index contributed by atoms with van der Waals surface area (Å²) in [7, 11) is 0. The first-order valence-corrected chi connectivity index (χ1v) is 17.8. The second-order valence-corrected chi connectivity index (χ2v) is 13.9. The Morgan fingerprint density at radius 2 is 0.519 bits per heavy atom. The third-order valence-electron chi connectivity index (χ3n) is 10.7. The zero-order valence-corrected chi connectivity index (χ0v) is 28.2. The van der Waals surface area contributed by atoms with Gasteiger partial charge in [-0.2, -0.15) is 0 Å². The highest BCUT2D eigenvalue weighted by molar-refractivity contribution is 6.25. The van der Waals surface area contributed by atoms with E-state index in [1.54, 1.807) is 0 Å². The summed E-state index contributed by atoms with van der Waals surface area (Å²) in [6.45, 7) is 0. The average molecular weight is 659 g/mol. The number of hydrogen-bond donors (Lipinski definition) is 0. The quantitative estimate of drug-likeness (QED) is 0.165. The van der Waals surface area contributed by atoms with Crippen LogP contribution in [0.25, 0.3) is 64.6 Å². The molecule has 0 aromatic heterocycles. The highest BCUT2D eigenvalue weighted by Crippen LogP contribution is 2.39. The topological polar surface area (TPSA) is 24.7 Å². The van der Waals surface area contributed by atoms with Crippen molar-refractivity contribution in [3.8, 4) is 0 Å². The molecule has 0 fully saturated rings. The number of rotatable bonds is 2. The molecule has 0 spiro atoms. The van der Waals surface area contributed by atoms with Gasteiger partial charge in [0, 0.05) is 22.3 Å². The molecule has 0 saturated heterocycles. The zero-order chi connectivity index (χ0) is 34.2. The maximum atomic E-state index is 5.65. The minimum absolute atomic E-state index is 0.906. The van der Waals surface area contributed by atoms with Crippen molar-refractivity contribution in [2.24, 2.45) is 9.98 Å². The van der Waals surface area contributed by atoms with Crippen LogP contribution in [0.4, 0.5) is 11.4 Å². The summed E-state index contributed by atoms with van der Waals surface area (Å²) in [5.41, 5.74) is 7.81. The highest BCUT2D eigenvalue weighted by atomic mass is 14.8. The van der Waals surface area contributed by atoms with E-state index in [2.05, 4.69) is 182 Å². The van der Waals surface area contributed by atoms with E-state index in [0.717, 1.165) is 66.6 Å². The van der Waals surface area contributed by atoms with Gasteiger partial charge in [0.1, 0.15) is 0 Å². The van der Waals surface area contributed by atoms with Crippen LogP contribution in [0.3, 0.4) is 0 Å². The van der Waals surface area contributed by atoms with E-state index in [0.29, 0.717) is 0 Å². The van der Waals surface area contributed by atoms with Gasteiger partial charge in [-0.05, 0) is 125 Å². The van der Waals surface area contributed by atoms with Gasteiger partial charge < -0.3 is 0 Å². The van der Waals surface area contributed by atoms with Crippen molar-refractivity contribution < 1.29 is 0 Å². The molecule has 0 saturated carbocycles. The Labute approximate surface area is 300 Å². The summed E-state index contributed by atoms with van der Waals surface area (Å²) in [5.74, 6) is 0. The molecular weight excluding hydrogens is 629 g/mol. The molecule has 0 radical (unpaired) electrons. The third-order valence-corrected chi connectivity index (χ3v) is 10.7. The number of hydrogen-bond acceptors (Lipinski definition) is 2. The summed E-state index contributed by atoms with van der Waals surface area (Å²) in [6, 6.07) is 65.9. The summed E-state index contributed by atoms with van der Waals surface area (Å²) < 4.78 is 0. The molecular formula is C50H30N2. The molecule has 1 heterocycles. The average Bonchev–Trinajstić information content (AvgIpc) is 3.19. The second kappa shape index (κ2) is 11.3. The van der Waals surface area contributed by atoms with Gasteiger partial charge in [0.2, 0.25) is 0 Å². The van der Waals surface area contributed by atoms with Crippen LogP contribution in [0.1, 0.15) is 22.3 Å². The van der Waals surface area contributed by atoms with Crippen molar-refractivity contribution in [1.82, 2.24) is 0 Å². The summed E-state index contributed by atoms with van der Waals surface area (Å²) in [6.07, 6.45) is 0. The fourth-order valence-electron chi connectivity index (χ4n) is 8.00. The number of aliphatic imine (C=N–C) groups is 2. The Hall–Kier alpha value is -6.90. The predicted molar refractivity (Wildman–Crippen MR) is 221 cm³/mol. The molecule has 0 N–H and O–H groups in total. The van der Waals surface area contributed by atoms with Crippen LogP contribution in [0, 0.1) is 0 Å². The SMILES string of the molecule is c1ccc2cc3c(cc2c1)/N=C(/c1ccc2cc4ccccc4cc2c1)c1cc2ccccc2cc1/N=C\3c1ccc2cc3ccccc3cc2c1. The van der Waals surface area contributed by atoms with Crippen molar-refractivity contribution in [2.45, 2.75) is 0 Å². The monoisotopic (exact) mass is 658 g/mol. The summed E-state index contributed by atoms with van der Waals surface area (Å²) in [4.78, 5) is 11.3. The van der Waals surface area contributed by atoms with Gasteiger partial charge in [0.15, 0.2) is 0 Å². The van der Waals surface area contributed by atoms with E-state index >= 15 is 0 Å². The molecule has 1 aliphatic heterocycles. The number of fused-ring (bicyclic) bond motifs is 8. The molecule has 10 aromatic rings. The van der Waals surface area contributed by atoms with Gasteiger partial charge in [-0.1, -0.05) is 121 Å². The minimum Gasteiger partial charge on any atom is -0.247 e. The van der Waals surface area contributed by atoms with Gasteiger partial charge >= 0.3 is 0 Å². The molecule has 0 amide bonds. The molecule has 0 aliphatic carbocycles. The molecule has 2 heteroatoms. The fraction of sp³-hybridized carbons (Fsp3) is 0. The van der Waals surface area contributed by atoms with E-state index in [1.807, 2.05) is 0 Å². The maximum absolute atomic E-state index is 5.65. The number of benzene rings is 10. The Balaban J connectivity index is 1.21. The third kappa shape index (κ3) is 4.73. The van der Waals surface area contributed by atoms with Crippen LogP contribution in [-0.2, 0) is 0 Å². The lowest BCUT2D eigenvalue weighted by Crippen LogP contribution is -2.10. The second-order valence-electron chi connectivity index (χ2n) is 13.9. The molecule has 2 nitrogen and oxygen atoms in total. The molecule has 240 valence electrons. The van der Waals surface area contributed by atoms with Gasteiger partial charge in [-0.3, -0.25) is 0 Å². The smallest absolute Gasteiger partial charge is 0.0803 e. The molecule has 10 aromatic carbocycles. The van der Waals surface area contributed by atoms with Crippen LogP contribution < -0.4 is 0 Å².